The molecule has 1 spiro atoms. The molecule has 2 aliphatic heterocycles. The number of benzene rings is 2. The highest BCUT2D eigenvalue weighted by molar-refractivity contribution is 5.91. The van der Waals surface area contributed by atoms with E-state index in [2.05, 4.69) is 41.3 Å². The molecule has 6 heteroatoms. The van der Waals surface area contributed by atoms with Crippen molar-refractivity contribution in [3.63, 3.8) is 0 Å². The van der Waals surface area contributed by atoms with Crippen molar-refractivity contribution in [2.75, 3.05) is 32.7 Å². The first-order chi connectivity index (χ1) is 16.9. The van der Waals surface area contributed by atoms with Crippen molar-refractivity contribution < 1.29 is 18.7 Å². The topological polar surface area (TPSA) is 43.8 Å². The van der Waals surface area contributed by atoms with Crippen molar-refractivity contribution in [3.05, 3.63) is 82.9 Å². The second-order valence-electron chi connectivity index (χ2n) is 10.1. The second kappa shape index (κ2) is 10.0. The number of hydrogen-bond donors (Lipinski definition) is 1. The number of aliphatic hydroxyl groups excluding tert-OH is 1. The van der Waals surface area contributed by atoms with E-state index in [1.807, 2.05) is 0 Å². The summed E-state index contributed by atoms with van der Waals surface area (Å²) in [6.07, 6.45) is 10.7. The van der Waals surface area contributed by atoms with Crippen LogP contribution in [0.4, 0.5) is 8.78 Å². The number of allylic oxidation sites excluding steroid dienone is 1. The van der Waals surface area contributed by atoms with Crippen LogP contribution in [-0.2, 0) is 10.2 Å². The molecule has 3 aliphatic rings. The smallest absolute Gasteiger partial charge is 0.246 e. The van der Waals surface area contributed by atoms with E-state index >= 15 is 0 Å². The molecule has 1 unspecified atom stereocenters. The molecule has 1 atom stereocenters. The van der Waals surface area contributed by atoms with Gasteiger partial charge in [-0.25, -0.2) is 8.78 Å². The van der Waals surface area contributed by atoms with Gasteiger partial charge in [0, 0.05) is 37.2 Å². The summed E-state index contributed by atoms with van der Waals surface area (Å²) in [6.45, 7) is 3.77. The first-order valence-electron chi connectivity index (χ1n) is 12.5. The maximum atomic E-state index is 13.3. The van der Waals surface area contributed by atoms with Crippen molar-refractivity contribution >= 4 is 18.1 Å². The van der Waals surface area contributed by atoms with Crippen molar-refractivity contribution in [1.29, 1.82) is 0 Å². The standard InChI is InChI=1S/C29H32F2N2O2/c30-24-17-21(18-25(31)19-24)5-6-28(35)33-13-8-23(9-14-33)27(34)20-32-15-11-29(12-16-32)10-7-22-3-1-2-4-26(22)29/h1-7,10,17-19,23,27,34H,8-9,11-16,20H2. The Kier molecular flexibility index (Phi) is 6.85. The zero-order valence-electron chi connectivity index (χ0n) is 19.9. The third kappa shape index (κ3) is 5.24. The lowest BCUT2D eigenvalue weighted by molar-refractivity contribution is -0.128. The summed E-state index contributed by atoms with van der Waals surface area (Å²) >= 11 is 0. The largest absolute Gasteiger partial charge is 0.392 e. The fourth-order valence-electron chi connectivity index (χ4n) is 5.87. The summed E-state index contributed by atoms with van der Waals surface area (Å²) in [5.41, 5.74) is 3.24. The SMILES string of the molecule is O=C(C=Cc1cc(F)cc(F)c1)N1CCC(C(O)CN2CCC3(C=Cc4ccccc43)CC2)CC1. The van der Waals surface area contributed by atoms with E-state index in [4.69, 9.17) is 0 Å². The number of likely N-dealkylation sites (tertiary alicyclic amines) is 2. The predicted molar refractivity (Wildman–Crippen MR) is 134 cm³/mol. The zero-order chi connectivity index (χ0) is 24.4. The number of aliphatic hydroxyl groups is 1. The Bertz CT molecular complexity index is 1110. The van der Waals surface area contributed by atoms with Gasteiger partial charge in [0.2, 0.25) is 5.91 Å². The Morgan fingerprint density at radius 1 is 1.06 bits per heavy atom. The highest BCUT2D eigenvalue weighted by atomic mass is 19.1. The number of carbonyl (C=O) groups excluding carboxylic acids is 1. The van der Waals surface area contributed by atoms with Crippen LogP contribution in [0.25, 0.3) is 12.2 Å². The van der Waals surface area contributed by atoms with Gasteiger partial charge < -0.3 is 14.9 Å². The summed E-state index contributed by atoms with van der Waals surface area (Å²) in [6, 6.07) is 11.8. The summed E-state index contributed by atoms with van der Waals surface area (Å²) in [7, 11) is 0. The molecule has 2 aromatic rings. The highest BCUT2D eigenvalue weighted by Crippen LogP contribution is 2.43. The van der Waals surface area contributed by atoms with Gasteiger partial charge in [0.05, 0.1) is 6.10 Å². The molecule has 0 bridgehead atoms. The maximum Gasteiger partial charge on any atom is 0.246 e. The minimum Gasteiger partial charge on any atom is -0.392 e. The molecule has 1 aliphatic carbocycles. The van der Waals surface area contributed by atoms with E-state index in [9.17, 15) is 18.7 Å². The van der Waals surface area contributed by atoms with Crippen LogP contribution >= 0.6 is 0 Å². The number of halogens is 2. The van der Waals surface area contributed by atoms with Crippen molar-refractivity contribution in [3.8, 4) is 0 Å². The minimum absolute atomic E-state index is 0.147. The molecule has 1 N–H and O–H groups in total. The van der Waals surface area contributed by atoms with Crippen LogP contribution < -0.4 is 0 Å². The summed E-state index contributed by atoms with van der Waals surface area (Å²) < 4.78 is 26.7. The Morgan fingerprint density at radius 2 is 1.74 bits per heavy atom. The van der Waals surface area contributed by atoms with Gasteiger partial charge in [0.1, 0.15) is 11.6 Å². The zero-order valence-corrected chi connectivity index (χ0v) is 19.9. The maximum absolute atomic E-state index is 13.3. The summed E-state index contributed by atoms with van der Waals surface area (Å²) in [5.74, 6) is -1.34. The lowest BCUT2D eigenvalue weighted by Crippen LogP contribution is -2.47. The average molecular weight is 479 g/mol. The molecule has 2 heterocycles. The fourth-order valence-corrected chi connectivity index (χ4v) is 5.87. The molecule has 0 aromatic heterocycles. The third-order valence-electron chi connectivity index (χ3n) is 7.97. The normalized spacial score (nSPS) is 21.1. The summed E-state index contributed by atoms with van der Waals surface area (Å²) in [5, 5.41) is 10.9. The van der Waals surface area contributed by atoms with Crippen molar-refractivity contribution in [2.24, 2.45) is 5.92 Å². The van der Waals surface area contributed by atoms with Crippen LogP contribution in [0.15, 0.2) is 54.6 Å². The molecule has 35 heavy (non-hydrogen) atoms. The van der Waals surface area contributed by atoms with Gasteiger partial charge in [0.15, 0.2) is 0 Å². The van der Waals surface area contributed by atoms with E-state index in [0.717, 1.165) is 44.8 Å². The molecular weight excluding hydrogens is 446 g/mol. The summed E-state index contributed by atoms with van der Waals surface area (Å²) in [4.78, 5) is 16.6. The molecule has 5 rings (SSSR count). The van der Waals surface area contributed by atoms with Crippen LogP contribution in [0.3, 0.4) is 0 Å². The van der Waals surface area contributed by atoms with Crippen LogP contribution in [0.2, 0.25) is 0 Å². The lowest BCUT2D eigenvalue weighted by atomic mass is 9.74. The van der Waals surface area contributed by atoms with Gasteiger partial charge in [0.25, 0.3) is 0 Å². The van der Waals surface area contributed by atoms with Crippen molar-refractivity contribution in [1.82, 2.24) is 9.80 Å². The van der Waals surface area contributed by atoms with Gasteiger partial charge in [-0.2, -0.15) is 0 Å². The number of nitrogens with zero attached hydrogens (tertiary/aromatic N) is 2. The first kappa shape index (κ1) is 23.9. The Morgan fingerprint density at radius 3 is 2.46 bits per heavy atom. The van der Waals surface area contributed by atoms with Crippen LogP contribution in [0.1, 0.15) is 42.4 Å². The molecule has 1 amide bonds. The quantitative estimate of drug-likeness (QED) is 0.637. The van der Waals surface area contributed by atoms with Gasteiger partial charge in [-0.05, 0) is 79.6 Å². The molecule has 184 valence electrons. The fraction of sp³-hybridized carbons (Fsp3) is 0.414. The number of fused-ring (bicyclic) bond motifs is 2. The van der Waals surface area contributed by atoms with Crippen LogP contribution in [0, 0.1) is 17.6 Å². The molecule has 2 aromatic carbocycles. The molecule has 0 saturated carbocycles. The second-order valence-corrected chi connectivity index (χ2v) is 10.1. The molecule has 0 radical (unpaired) electrons. The number of rotatable bonds is 5. The molecule has 4 nitrogen and oxygen atoms in total. The Labute approximate surface area is 205 Å². The number of amides is 1. The van der Waals surface area contributed by atoms with E-state index in [0.29, 0.717) is 25.2 Å². The lowest BCUT2D eigenvalue weighted by Gasteiger charge is -2.41. The van der Waals surface area contributed by atoms with E-state index in [-0.39, 0.29) is 17.2 Å². The van der Waals surface area contributed by atoms with Gasteiger partial charge in [-0.1, -0.05) is 36.4 Å². The van der Waals surface area contributed by atoms with Gasteiger partial charge in [-0.15, -0.1) is 0 Å². The molecule has 2 fully saturated rings. The van der Waals surface area contributed by atoms with Crippen molar-refractivity contribution in [2.45, 2.75) is 37.2 Å². The first-order valence-corrected chi connectivity index (χ1v) is 12.5. The number of piperidine rings is 2. The predicted octanol–water partition coefficient (Wildman–Crippen LogP) is 4.64. The molecule has 2 saturated heterocycles. The molecular formula is C29H32F2N2O2. The van der Waals surface area contributed by atoms with E-state index in [1.165, 1.54) is 35.4 Å². The van der Waals surface area contributed by atoms with E-state index in [1.54, 1.807) is 4.90 Å². The average Bonchev–Trinajstić information content (AvgIpc) is 3.22. The van der Waals surface area contributed by atoms with Crippen LogP contribution in [0.5, 0.6) is 0 Å². The Balaban J connectivity index is 1.08. The minimum atomic E-state index is -0.666. The number of β-amino-alcohol motifs (C(OH)–C–C–N with tert-alkyl or cyclic N) is 1. The van der Waals surface area contributed by atoms with Gasteiger partial charge >= 0.3 is 0 Å². The van der Waals surface area contributed by atoms with E-state index < -0.39 is 17.7 Å². The van der Waals surface area contributed by atoms with Gasteiger partial charge in [-0.3, -0.25) is 4.79 Å². The number of hydrogen-bond acceptors (Lipinski definition) is 3. The monoisotopic (exact) mass is 478 g/mol. The Hall–Kier alpha value is -2.83. The third-order valence-corrected chi connectivity index (χ3v) is 7.97. The van der Waals surface area contributed by atoms with Crippen LogP contribution in [-0.4, -0.2) is 59.6 Å². The highest BCUT2D eigenvalue weighted by Gasteiger charge is 2.38. The number of carbonyl (C=O) groups is 1.